The molecule has 14 heavy (non-hydrogen) atoms. The highest BCUT2D eigenvalue weighted by Gasteiger charge is 2.03. The Morgan fingerprint density at radius 2 is 2.36 bits per heavy atom. The van der Waals surface area contributed by atoms with E-state index in [1.807, 2.05) is 13.1 Å². The van der Waals surface area contributed by atoms with Gasteiger partial charge in [0.2, 0.25) is 0 Å². The quantitative estimate of drug-likeness (QED) is 0.690. The van der Waals surface area contributed by atoms with E-state index in [1.54, 1.807) is 7.11 Å². The fourth-order valence-corrected chi connectivity index (χ4v) is 1.48. The van der Waals surface area contributed by atoms with Crippen LogP contribution in [0.3, 0.4) is 0 Å². The van der Waals surface area contributed by atoms with E-state index in [4.69, 9.17) is 4.74 Å². The van der Waals surface area contributed by atoms with Crippen molar-refractivity contribution in [3.05, 3.63) is 17.7 Å². The Hall–Kier alpha value is -0.870. The zero-order chi connectivity index (χ0) is 10.4. The average Bonchev–Trinajstić information content (AvgIpc) is 2.54. The van der Waals surface area contributed by atoms with Gasteiger partial charge in [0.1, 0.15) is 5.82 Å². The van der Waals surface area contributed by atoms with Crippen molar-refractivity contribution < 1.29 is 4.74 Å². The largest absolute Gasteiger partial charge is 0.383 e. The van der Waals surface area contributed by atoms with Crippen LogP contribution < -0.4 is 5.32 Å². The van der Waals surface area contributed by atoms with Crippen molar-refractivity contribution in [3.8, 4) is 0 Å². The van der Waals surface area contributed by atoms with Gasteiger partial charge in [0.25, 0.3) is 0 Å². The van der Waals surface area contributed by atoms with Gasteiger partial charge in [-0.2, -0.15) is 0 Å². The molecule has 0 aromatic carbocycles. The van der Waals surface area contributed by atoms with Gasteiger partial charge in [0, 0.05) is 32.9 Å². The lowest BCUT2D eigenvalue weighted by atomic mass is 10.4. The van der Waals surface area contributed by atoms with Gasteiger partial charge in [0.05, 0.1) is 12.3 Å². The van der Waals surface area contributed by atoms with Gasteiger partial charge in [-0.15, -0.1) is 0 Å². The topological polar surface area (TPSA) is 39.1 Å². The van der Waals surface area contributed by atoms with E-state index >= 15 is 0 Å². The molecule has 0 aliphatic rings. The first-order chi connectivity index (χ1) is 6.79. The van der Waals surface area contributed by atoms with Crippen molar-refractivity contribution in [1.29, 1.82) is 0 Å². The molecule has 4 nitrogen and oxygen atoms in total. The zero-order valence-corrected chi connectivity index (χ0v) is 9.21. The number of aryl methyl sites for hydroxylation is 1. The first kappa shape index (κ1) is 11.2. The first-order valence-electron chi connectivity index (χ1n) is 5.00. The fraction of sp³-hybridized carbons (Fsp3) is 0.700. The summed E-state index contributed by atoms with van der Waals surface area (Å²) in [4.78, 5) is 4.28. The molecule has 1 heterocycles. The molecule has 1 aromatic heterocycles. The molecule has 0 aliphatic carbocycles. The number of nitrogens with zero attached hydrogens (tertiary/aromatic N) is 2. The Morgan fingerprint density at radius 3 is 3.00 bits per heavy atom. The normalized spacial score (nSPS) is 10.8. The second-order valence-electron chi connectivity index (χ2n) is 3.21. The van der Waals surface area contributed by atoms with Crippen LogP contribution in [0.1, 0.15) is 18.4 Å². The molecule has 80 valence electrons. The van der Waals surface area contributed by atoms with E-state index < -0.39 is 0 Å². The van der Waals surface area contributed by atoms with E-state index in [2.05, 4.69) is 21.8 Å². The van der Waals surface area contributed by atoms with E-state index in [0.717, 1.165) is 32.1 Å². The molecule has 0 bridgehead atoms. The summed E-state index contributed by atoms with van der Waals surface area (Å²) >= 11 is 0. The van der Waals surface area contributed by atoms with Crippen LogP contribution in [0.2, 0.25) is 0 Å². The minimum Gasteiger partial charge on any atom is -0.383 e. The molecule has 0 atom stereocenters. The maximum Gasteiger partial charge on any atom is 0.105 e. The number of methoxy groups -OCH3 is 1. The van der Waals surface area contributed by atoms with Crippen LogP contribution in [-0.2, 0) is 17.8 Å². The monoisotopic (exact) mass is 197 g/mol. The minimum absolute atomic E-state index is 0.749. The van der Waals surface area contributed by atoms with Gasteiger partial charge in [-0.25, -0.2) is 4.98 Å². The smallest absolute Gasteiger partial charge is 0.105 e. The maximum atomic E-state index is 4.96. The molecular weight excluding hydrogens is 178 g/mol. The van der Waals surface area contributed by atoms with E-state index in [0.29, 0.717) is 0 Å². The Morgan fingerprint density at radius 1 is 1.57 bits per heavy atom. The number of rotatable bonds is 6. The molecule has 0 radical (unpaired) electrons. The van der Waals surface area contributed by atoms with Gasteiger partial charge in [0.15, 0.2) is 0 Å². The van der Waals surface area contributed by atoms with E-state index in [-0.39, 0.29) is 0 Å². The fourth-order valence-electron chi connectivity index (χ4n) is 1.48. The SMILES string of the molecule is CCn1c(CNCCOC)cnc1C. The highest BCUT2D eigenvalue weighted by atomic mass is 16.5. The van der Waals surface area contributed by atoms with E-state index in [9.17, 15) is 0 Å². The van der Waals surface area contributed by atoms with Crippen molar-refractivity contribution in [2.24, 2.45) is 0 Å². The van der Waals surface area contributed by atoms with Crippen LogP contribution >= 0.6 is 0 Å². The van der Waals surface area contributed by atoms with Gasteiger partial charge < -0.3 is 14.6 Å². The van der Waals surface area contributed by atoms with Gasteiger partial charge in [-0.1, -0.05) is 0 Å². The Balaban J connectivity index is 2.42. The Bertz CT molecular complexity index is 270. The molecule has 0 amide bonds. The summed E-state index contributed by atoms with van der Waals surface area (Å²) in [5.74, 6) is 1.08. The van der Waals surface area contributed by atoms with Gasteiger partial charge >= 0.3 is 0 Å². The maximum absolute atomic E-state index is 4.96. The van der Waals surface area contributed by atoms with Crippen molar-refractivity contribution in [1.82, 2.24) is 14.9 Å². The lowest BCUT2D eigenvalue weighted by molar-refractivity contribution is 0.199. The molecule has 1 rings (SSSR count). The number of imidazole rings is 1. The Kier molecular flexibility index (Phi) is 4.62. The van der Waals surface area contributed by atoms with Gasteiger partial charge in [-0.3, -0.25) is 0 Å². The predicted octanol–water partition coefficient (Wildman–Crippen LogP) is 0.947. The van der Waals surface area contributed by atoms with Crippen LogP contribution in [0.5, 0.6) is 0 Å². The molecule has 0 fully saturated rings. The summed E-state index contributed by atoms with van der Waals surface area (Å²) in [5.41, 5.74) is 1.24. The van der Waals surface area contributed by atoms with Gasteiger partial charge in [-0.05, 0) is 13.8 Å². The molecule has 0 aliphatic heterocycles. The Labute approximate surface area is 85.3 Å². The zero-order valence-electron chi connectivity index (χ0n) is 9.21. The van der Waals surface area contributed by atoms with Crippen molar-refractivity contribution in [2.45, 2.75) is 26.9 Å². The summed E-state index contributed by atoms with van der Waals surface area (Å²) in [6.45, 7) is 7.63. The van der Waals surface area contributed by atoms with Crippen molar-refractivity contribution in [3.63, 3.8) is 0 Å². The molecule has 1 N–H and O–H groups in total. The van der Waals surface area contributed by atoms with E-state index in [1.165, 1.54) is 5.69 Å². The first-order valence-corrected chi connectivity index (χ1v) is 5.00. The number of hydrogen-bond acceptors (Lipinski definition) is 3. The van der Waals surface area contributed by atoms with Crippen LogP contribution in [0.15, 0.2) is 6.20 Å². The molecule has 0 saturated heterocycles. The third-order valence-corrected chi connectivity index (χ3v) is 2.24. The molecule has 1 aromatic rings. The molecule has 0 saturated carbocycles. The summed E-state index contributed by atoms with van der Waals surface area (Å²) in [7, 11) is 1.71. The third kappa shape index (κ3) is 2.82. The van der Waals surface area contributed by atoms with Crippen LogP contribution in [0.4, 0.5) is 0 Å². The molecule has 0 unspecified atom stereocenters. The number of nitrogens with one attached hydrogen (secondary N) is 1. The highest BCUT2D eigenvalue weighted by Crippen LogP contribution is 2.03. The molecule has 0 spiro atoms. The summed E-state index contributed by atoms with van der Waals surface area (Å²) in [6, 6.07) is 0. The van der Waals surface area contributed by atoms with Crippen LogP contribution in [-0.4, -0.2) is 29.8 Å². The lowest BCUT2D eigenvalue weighted by Crippen LogP contribution is -2.20. The molecule has 4 heteroatoms. The van der Waals surface area contributed by atoms with Crippen LogP contribution in [0.25, 0.3) is 0 Å². The summed E-state index contributed by atoms with van der Waals surface area (Å²) < 4.78 is 7.16. The number of aromatic nitrogens is 2. The second kappa shape index (κ2) is 5.78. The van der Waals surface area contributed by atoms with Crippen molar-refractivity contribution >= 4 is 0 Å². The highest BCUT2D eigenvalue weighted by molar-refractivity contribution is 5.03. The van der Waals surface area contributed by atoms with Crippen LogP contribution in [0, 0.1) is 6.92 Å². The summed E-state index contributed by atoms with van der Waals surface area (Å²) in [5, 5.41) is 3.30. The lowest BCUT2D eigenvalue weighted by Gasteiger charge is -2.08. The number of ether oxygens (including phenoxy) is 1. The van der Waals surface area contributed by atoms with Crippen molar-refractivity contribution in [2.75, 3.05) is 20.3 Å². The number of hydrogen-bond donors (Lipinski definition) is 1. The molecular formula is C10H19N3O. The average molecular weight is 197 g/mol. The second-order valence-corrected chi connectivity index (χ2v) is 3.21. The predicted molar refractivity (Wildman–Crippen MR) is 56.2 cm³/mol. The minimum atomic E-state index is 0.749. The standard InChI is InChI=1S/C10H19N3O/c1-4-13-9(2)12-8-10(13)7-11-5-6-14-3/h8,11H,4-7H2,1-3H3. The third-order valence-electron chi connectivity index (χ3n) is 2.24. The summed E-state index contributed by atoms with van der Waals surface area (Å²) in [6.07, 6.45) is 1.93.